The number of aryl methyl sites for hydroxylation is 1. The van der Waals surface area contributed by atoms with Crippen LogP contribution in [0.2, 0.25) is 0 Å². The Balaban J connectivity index is 1.63. The highest BCUT2D eigenvalue weighted by Gasteiger charge is 2.18. The minimum Gasteiger partial charge on any atom is -0.393 e. The molecule has 156 valence electrons. The number of hydrazine groups is 1. The molecule has 0 aliphatic carbocycles. The van der Waals surface area contributed by atoms with Crippen molar-refractivity contribution < 1.29 is 4.79 Å². The summed E-state index contributed by atoms with van der Waals surface area (Å²) in [4.78, 5) is 23.2. The van der Waals surface area contributed by atoms with E-state index in [-0.39, 0.29) is 5.91 Å². The van der Waals surface area contributed by atoms with Gasteiger partial charge in [-0.3, -0.25) is 15.6 Å². The van der Waals surface area contributed by atoms with Gasteiger partial charge in [0.15, 0.2) is 11.6 Å². The fourth-order valence-corrected chi connectivity index (χ4v) is 3.59. The number of fused-ring (bicyclic) bond motifs is 1. The van der Waals surface area contributed by atoms with Crippen LogP contribution < -0.4 is 21.5 Å². The van der Waals surface area contributed by atoms with Gasteiger partial charge >= 0.3 is 0 Å². The van der Waals surface area contributed by atoms with Gasteiger partial charge in [0.25, 0.3) is 5.91 Å². The van der Waals surface area contributed by atoms with E-state index in [9.17, 15) is 4.79 Å². The van der Waals surface area contributed by atoms with E-state index in [1.807, 2.05) is 61.2 Å². The molecule has 0 aliphatic rings. The van der Waals surface area contributed by atoms with Gasteiger partial charge in [-0.05, 0) is 36.9 Å². The molecular weight excluding hydrogens is 388 g/mol. The molecule has 0 atom stereocenters. The molecule has 3 aromatic carbocycles. The molecule has 0 saturated carbocycles. The van der Waals surface area contributed by atoms with Gasteiger partial charge in [0.2, 0.25) is 0 Å². The van der Waals surface area contributed by atoms with Gasteiger partial charge in [-0.2, -0.15) is 0 Å². The minimum atomic E-state index is -0.265. The Hall–Kier alpha value is -4.13. The lowest BCUT2D eigenvalue weighted by atomic mass is 10.1. The summed E-state index contributed by atoms with van der Waals surface area (Å²) in [6.45, 7) is 4.58. The van der Waals surface area contributed by atoms with Crippen molar-refractivity contribution in [3.8, 4) is 0 Å². The van der Waals surface area contributed by atoms with Crippen molar-refractivity contribution in [1.29, 1.82) is 0 Å². The zero-order chi connectivity index (χ0) is 21.8. The molecule has 4 rings (SSSR count). The third-order valence-electron chi connectivity index (χ3n) is 5.18. The van der Waals surface area contributed by atoms with E-state index in [1.165, 1.54) is 6.33 Å². The Morgan fingerprint density at radius 2 is 1.74 bits per heavy atom. The van der Waals surface area contributed by atoms with Crippen LogP contribution in [0.5, 0.6) is 0 Å². The van der Waals surface area contributed by atoms with Crippen molar-refractivity contribution in [2.24, 2.45) is 0 Å². The number of rotatable bonds is 6. The molecule has 7 heteroatoms. The van der Waals surface area contributed by atoms with Gasteiger partial charge in [0.1, 0.15) is 12.0 Å². The summed E-state index contributed by atoms with van der Waals surface area (Å²) in [5, 5.41) is 2.24. The van der Waals surface area contributed by atoms with Gasteiger partial charge in [-0.25, -0.2) is 9.97 Å². The number of carbonyl (C=O) groups is 1. The molecule has 0 radical (unpaired) electrons. The van der Waals surface area contributed by atoms with Crippen molar-refractivity contribution in [2.75, 3.05) is 22.6 Å². The standard InChI is InChI=1S/C24H24N6O/c1-3-30(20-14-8-11-17-10-5-7-13-19(17)20)23-21(25)22(26-15-27-23)28-29-24(31)18-12-6-4-9-16(18)2/h4-15H,3,25H2,1-2H3,(H,29,31)(H,26,27,28). The van der Waals surface area contributed by atoms with Crippen molar-refractivity contribution in [3.63, 3.8) is 0 Å². The van der Waals surface area contributed by atoms with Crippen LogP contribution >= 0.6 is 0 Å². The number of aromatic nitrogens is 2. The van der Waals surface area contributed by atoms with E-state index < -0.39 is 0 Å². The van der Waals surface area contributed by atoms with E-state index in [0.29, 0.717) is 29.4 Å². The Labute approximate surface area is 180 Å². The molecule has 1 amide bonds. The van der Waals surface area contributed by atoms with Gasteiger partial charge in [-0.1, -0.05) is 54.6 Å². The van der Waals surface area contributed by atoms with E-state index in [4.69, 9.17) is 5.73 Å². The summed E-state index contributed by atoms with van der Waals surface area (Å²) < 4.78 is 0. The second kappa shape index (κ2) is 8.71. The summed E-state index contributed by atoms with van der Waals surface area (Å²) >= 11 is 0. The molecule has 0 fully saturated rings. The van der Waals surface area contributed by atoms with E-state index in [0.717, 1.165) is 22.0 Å². The molecule has 1 aromatic heterocycles. The van der Waals surface area contributed by atoms with Gasteiger partial charge in [-0.15, -0.1) is 0 Å². The zero-order valence-corrected chi connectivity index (χ0v) is 17.5. The highest BCUT2D eigenvalue weighted by molar-refractivity contribution is 5.98. The van der Waals surface area contributed by atoms with Crippen molar-refractivity contribution >= 4 is 39.7 Å². The van der Waals surface area contributed by atoms with Gasteiger partial charge in [0.05, 0.1) is 5.69 Å². The molecule has 0 spiro atoms. The van der Waals surface area contributed by atoms with Crippen molar-refractivity contribution in [3.05, 3.63) is 84.2 Å². The maximum atomic E-state index is 12.5. The van der Waals surface area contributed by atoms with Crippen LogP contribution in [0, 0.1) is 6.92 Å². The average Bonchev–Trinajstić information content (AvgIpc) is 2.80. The molecule has 0 bridgehead atoms. The quantitative estimate of drug-likeness (QED) is 0.405. The molecule has 4 aromatic rings. The third kappa shape index (κ3) is 3.98. The molecule has 4 N–H and O–H groups in total. The number of hydrogen-bond donors (Lipinski definition) is 3. The first-order chi connectivity index (χ1) is 15.1. The minimum absolute atomic E-state index is 0.265. The average molecular weight is 412 g/mol. The molecule has 0 unspecified atom stereocenters. The maximum Gasteiger partial charge on any atom is 0.269 e. The summed E-state index contributed by atoms with van der Waals surface area (Å²) in [6.07, 6.45) is 1.43. The Morgan fingerprint density at radius 3 is 2.55 bits per heavy atom. The molecule has 1 heterocycles. The van der Waals surface area contributed by atoms with Crippen LogP contribution in [0.25, 0.3) is 10.8 Å². The van der Waals surface area contributed by atoms with E-state index in [1.54, 1.807) is 6.07 Å². The Bertz CT molecular complexity index is 1230. The normalized spacial score (nSPS) is 10.6. The third-order valence-corrected chi connectivity index (χ3v) is 5.18. The molecule has 0 saturated heterocycles. The first kappa shape index (κ1) is 20.2. The van der Waals surface area contributed by atoms with Crippen molar-refractivity contribution in [2.45, 2.75) is 13.8 Å². The van der Waals surface area contributed by atoms with E-state index >= 15 is 0 Å². The van der Waals surface area contributed by atoms with Crippen LogP contribution in [0.4, 0.5) is 23.0 Å². The summed E-state index contributed by atoms with van der Waals surface area (Å²) in [5.74, 6) is 0.645. The molecule has 7 nitrogen and oxygen atoms in total. The SMILES string of the molecule is CCN(c1ncnc(NNC(=O)c2ccccc2C)c1N)c1cccc2ccccc12. The zero-order valence-electron chi connectivity index (χ0n) is 17.5. The maximum absolute atomic E-state index is 12.5. The van der Waals surface area contributed by atoms with Crippen molar-refractivity contribution in [1.82, 2.24) is 15.4 Å². The lowest BCUT2D eigenvalue weighted by molar-refractivity contribution is 0.0962. The lowest BCUT2D eigenvalue weighted by Gasteiger charge is -2.25. The lowest BCUT2D eigenvalue weighted by Crippen LogP contribution is -2.31. The number of hydrogen-bond acceptors (Lipinski definition) is 6. The molecule has 31 heavy (non-hydrogen) atoms. The number of amides is 1. The summed E-state index contributed by atoms with van der Waals surface area (Å²) in [7, 11) is 0. The topological polar surface area (TPSA) is 96.2 Å². The van der Waals surface area contributed by atoms with Crippen LogP contribution in [0.3, 0.4) is 0 Å². The number of nitrogens with two attached hydrogens (primary N) is 1. The number of nitrogen functional groups attached to an aromatic ring is 1. The molecule has 0 aliphatic heterocycles. The Morgan fingerprint density at radius 1 is 1.00 bits per heavy atom. The number of anilines is 4. The van der Waals surface area contributed by atoms with Crippen LogP contribution in [-0.4, -0.2) is 22.4 Å². The monoisotopic (exact) mass is 412 g/mol. The number of carbonyl (C=O) groups excluding carboxylic acids is 1. The number of benzene rings is 3. The van der Waals surface area contributed by atoms with E-state index in [2.05, 4.69) is 39.0 Å². The largest absolute Gasteiger partial charge is 0.393 e. The first-order valence-electron chi connectivity index (χ1n) is 10.1. The molecular formula is C24H24N6O. The second-order valence-corrected chi connectivity index (χ2v) is 7.10. The van der Waals surface area contributed by atoms with Crippen LogP contribution in [-0.2, 0) is 0 Å². The fourth-order valence-electron chi connectivity index (χ4n) is 3.59. The number of nitrogens with zero attached hydrogens (tertiary/aromatic N) is 3. The Kier molecular flexibility index (Phi) is 5.66. The van der Waals surface area contributed by atoms with Crippen LogP contribution in [0.15, 0.2) is 73.1 Å². The highest BCUT2D eigenvalue weighted by atomic mass is 16.2. The second-order valence-electron chi connectivity index (χ2n) is 7.10. The fraction of sp³-hybridized carbons (Fsp3) is 0.125. The highest BCUT2D eigenvalue weighted by Crippen LogP contribution is 2.35. The van der Waals surface area contributed by atoms with Crippen LogP contribution in [0.1, 0.15) is 22.8 Å². The predicted octanol–water partition coefficient (Wildman–Crippen LogP) is 4.44. The predicted molar refractivity (Wildman–Crippen MR) is 125 cm³/mol. The first-order valence-corrected chi connectivity index (χ1v) is 10.1. The smallest absolute Gasteiger partial charge is 0.269 e. The van der Waals surface area contributed by atoms with Gasteiger partial charge < -0.3 is 10.6 Å². The van der Waals surface area contributed by atoms with Gasteiger partial charge in [0, 0.05) is 17.5 Å². The number of nitrogens with one attached hydrogen (secondary N) is 2. The summed E-state index contributed by atoms with van der Waals surface area (Å²) in [6, 6.07) is 21.7. The summed E-state index contributed by atoms with van der Waals surface area (Å²) in [5.41, 5.74) is 14.7.